The predicted molar refractivity (Wildman–Crippen MR) is 471 cm³/mol. The number of fused-ring (bicyclic) bond motifs is 15. The molecular formula is C82H61BrO6S15. The van der Waals surface area contributed by atoms with E-state index in [1.807, 2.05) is 62.8 Å². The third-order valence-electron chi connectivity index (χ3n) is 15.6. The molecule has 15 rings (SSSR count). The summed E-state index contributed by atoms with van der Waals surface area (Å²) in [6.45, 7) is 11.1. The fourth-order valence-electron chi connectivity index (χ4n) is 10.8. The summed E-state index contributed by atoms with van der Waals surface area (Å²) in [7, 11) is 0. The quantitative estimate of drug-likeness (QED) is 0.0234. The molecule has 0 aliphatic rings. The van der Waals surface area contributed by atoms with Crippen LogP contribution in [0, 0.1) is 84.1 Å². The number of unbranched alkanes of at least 4 members (excludes halogenated alkanes) is 14. The largest absolute Gasteiger partial charge is 0.463 e. The van der Waals surface area contributed by atoms with Crippen LogP contribution in [0.1, 0.15) is 154 Å². The second-order valence-electron chi connectivity index (χ2n) is 22.9. The maximum atomic E-state index is 11.1. The maximum absolute atomic E-state index is 11.1. The van der Waals surface area contributed by atoms with Crippen molar-refractivity contribution < 1.29 is 28.6 Å². The lowest BCUT2D eigenvalue weighted by molar-refractivity contribution is -0.138. The van der Waals surface area contributed by atoms with Gasteiger partial charge in [-0.2, -0.15) is 0 Å². The number of ether oxygens (including phenoxy) is 3. The monoisotopic (exact) mass is 1700 g/mol. The topological polar surface area (TPSA) is 78.9 Å². The molecule has 0 fully saturated rings. The summed E-state index contributed by atoms with van der Waals surface area (Å²) in [6.07, 6.45) is 34.5. The Kier molecular flexibility index (Phi) is 27.4. The highest BCUT2D eigenvalue weighted by molar-refractivity contribution is 9.11. The smallest absolute Gasteiger partial charge is 0.344 e. The van der Waals surface area contributed by atoms with E-state index < -0.39 is 5.97 Å². The van der Waals surface area contributed by atoms with Gasteiger partial charge in [-0.25, -0.2) is 14.4 Å². The molecule has 15 aromatic rings. The van der Waals surface area contributed by atoms with E-state index in [1.165, 1.54) is 158 Å². The lowest BCUT2D eigenvalue weighted by atomic mass is 10.1. The van der Waals surface area contributed by atoms with Crippen LogP contribution < -0.4 is 0 Å². The number of halogens is 1. The standard InChI is InChI=1S/C56H48O4S9.C13H5BrO2S3.C12H4S3.CH4/c1-3-49(57)59-29-21-17-13-9-5-7-11-15-19-23-37-31-43-51(61-37)53-45(67-43)33-39(63-53)25-27-41-35-47-55(65-41)56-48(69-47)36-42(66-56)28-26-40-34-46-54(64-40)52-44(68-46)32-38(62-52)24-20-16-12-8-6-10-14-18-22-30-60-50(58)4-2;1-2-11(15)16-4-3-7-5-8-12(17-7)13-9(18-8)6-10(14)19-13;1-3-7-5-9-11(13-7)12-10(15-9)6-8(4-2)14-12;/h3-4,31-36H,1-2,5-18,21-22,29-30H2;2,5-6H,1H2;1-2,5-6H;1H4. The van der Waals surface area contributed by atoms with Crippen molar-refractivity contribution in [1.29, 1.82) is 0 Å². The zero-order valence-electron chi connectivity index (χ0n) is 55.0. The summed E-state index contributed by atoms with van der Waals surface area (Å²) in [6, 6.07) is 21.8. The first kappa shape index (κ1) is 76.8. The van der Waals surface area contributed by atoms with Gasteiger partial charge in [0, 0.05) is 78.1 Å². The first-order chi connectivity index (χ1) is 50.4. The van der Waals surface area contributed by atoms with Crippen LogP contribution in [0.5, 0.6) is 0 Å². The second-order valence-corrected chi connectivity index (χ2v) is 40.2. The molecule has 522 valence electrons. The highest BCUT2D eigenvalue weighted by Gasteiger charge is 2.18. The first-order valence-corrected chi connectivity index (χ1v) is 45.8. The molecule has 0 bridgehead atoms. The van der Waals surface area contributed by atoms with Gasteiger partial charge in [0.2, 0.25) is 0 Å². The Hall–Kier alpha value is -6.87. The third-order valence-corrected chi connectivity index (χ3v) is 34.3. The zero-order chi connectivity index (χ0) is 71.2. The van der Waals surface area contributed by atoms with Gasteiger partial charge in [0.05, 0.1) is 108 Å². The summed E-state index contributed by atoms with van der Waals surface area (Å²) in [5.41, 5.74) is 0. The van der Waals surface area contributed by atoms with Crippen LogP contribution in [0.2, 0.25) is 0 Å². The van der Waals surface area contributed by atoms with Crippen LogP contribution in [0.3, 0.4) is 0 Å². The molecule has 0 radical (unpaired) electrons. The Balaban J connectivity index is 0.000000233. The van der Waals surface area contributed by atoms with Crippen molar-refractivity contribution in [2.75, 3.05) is 13.2 Å². The van der Waals surface area contributed by atoms with E-state index in [2.05, 4.69) is 166 Å². The van der Waals surface area contributed by atoms with Crippen molar-refractivity contribution in [3.8, 4) is 84.1 Å². The van der Waals surface area contributed by atoms with Crippen LogP contribution >= 0.6 is 186 Å². The Morgan fingerprint density at radius 2 is 0.577 bits per heavy atom. The molecule has 0 unspecified atom stereocenters. The van der Waals surface area contributed by atoms with E-state index in [1.54, 1.807) is 113 Å². The van der Waals surface area contributed by atoms with Crippen molar-refractivity contribution in [3.63, 3.8) is 0 Å². The highest BCUT2D eigenvalue weighted by Crippen LogP contribution is 2.49. The predicted octanol–water partition coefficient (Wildman–Crippen LogP) is 28.1. The summed E-state index contributed by atoms with van der Waals surface area (Å²) < 4.78 is 41.9. The van der Waals surface area contributed by atoms with Crippen LogP contribution in [-0.2, 0) is 28.6 Å². The van der Waals surface area contributed by atoms with Crippen molar-refractivity contribution in [3.05, 3.63) is 146 Å². The molecule has 22 heteroatoms. The fraction of sp³-hybridized carbons (Fsp3) is 0.232. The lowest BCUT2D eigenvalue weighted by Crippen LogP contribution is -2.01. The van der Waals surface area contributed by atoms with Crippen LogP contribution in [0.15, 0.2) is 102 Å². The number of terminal acetylenes is 2. The minimum atomic E-state index is -0.532. The molecule has 104 heavy (non-hydrogen) atoms. The molecule has 15 heterocycles. The van der Waals surface area contributed by atoms with Gasteiger partial charge in [-0.05, 0) is 132 Å². The van der Waals surface area contributed by atoms with Gasteiger partial charge >= 0.3 is 17.9 Å². The lowest BCUT2D eigenvalue weighted by Gasteiger charge is -2.02. The van der Waals surface area contributed by atoms with Crippen LogP contribution in [-0.4, -0.2) is 31.1 Å². The number of carbonyl (C=O) groups excluding carboxylic acids is 3. The number of thiophene rings is 15. The molecule has 15 aromatic heterocycles. The van der Waals surface area contributed by atoms with Gasteiger partial charge in [0.1, 0.15) is 6.11 Å². The van der Waals surface area contributed by atoms with Gasteiger partial charge in [0.25, 0.3) is 0 Å². The van der Waals surface area contributed by atoms with E-state index in [0.717, 1.165) is 105 Å². The average Bonchev–Trinajstić information content (AvgIpc) is 1.65. The van der Waals surface area contributed by atoms with Gasteiger partial charge in [-0.15, -0.1) is 183 Å². The van der Waals surface area contributed by atoms with Crippen LogP contribution in [0.25, 0.3) is 94.0 Å². The zero-order valence-corrected chi connectivity index (χ0v) is 68.8. The summed E-state index contributed by atoms with van der Waals surface area (Å²) in [5.74, 6) is 34.7. The van der Waals surface area contributed by atoms with Crippen molar-refractivity contribution in [2.45, 2.75) is 110 Å². The summed E-state index contributed by atoms with van der Waals surface area (Å²) >= 11 is 30.0. The van der Waals surface area contributed by atoms with E-state index in [-0.39, 0.29) is 19.4 Å². The molecular weight excluding hydrogens is 1640 g/mol. The van der Waals surface area contributed by atoms with Crippen molar-refractivity contribution in [2.24, 2.45) is 0 Å². The number of hydrogen-bond donors (Lipinski definition) is 0. The van der Waals surface area contributed by atoms with Crippen molar-refractivity contribution in [1.82, 2.24) is 0 Å². The molecule has 0 atom stereocenters. The average molecular weight is 1700 g/mol. The molecule has 0 N–H and O–H groups in total. The normalized spacial score (nSPS) is 10.8. The number of esters is 3. The van der Waals surface area contributed by atoms with E-state index >= 15 is 0 Å². The molecule has 0 aliphatic heterocycles. The van der Waals surface area contributed by atoms with Gasteiger partial charge < -0.3 is 14.2 Å². The van der Waals surface area contributed by atoms with E-state index in [4.69, 9.17) is 22.3 Å². The minimum absolute atomic E-state index is 0. The Morgan fingerprint density at radius 3 is 0.885 bits per heavy atom. The second kappa shape index (κ2) is 37.1. The number of hydrogen-bond acceptors (Lipinski definition) is 21. The summed E-state index contributed by atoms with van der Waals surface area (Å²) in [4.78, 5) is 42.7. The van der Waals surface area contributed by atoms with Gasteiger partial charge in [0.15, 0.2) is 0 Å². The molecule has 6 nitrogen and oxygen atoms in total. The summed E-state index contributed by atoms with van der Waals surface area (Å²) in [5, 5.41) is 0. The molecule has 0 amide bonds. The molecule has 0 aliphatic carbocycles. The maximum Gasteiger partial charge on any atom is 0.344 e. The van der Waals surface area contributed by atoms with E-state index in [0.29, 0.717) is 13.2 Å². The molecule has 0 saturated heterocycles. The fourth-order valence-corrected chi connectivity index (χ4v) is 30.1. The first-order valence-electron chi connectivity index (χ1n) is 32.7. The van der Waals surface area contributed by atoms with Gasteiger partial charge in [-0.1, -0.05) is 127 Å². The van der Waals surface area contributed by atoms with Crippen molar-refractivity contribution >= 4 is 298 Å². The SMILES string of the molecule is C.C#Cc1cc2sc3cc(C#C)sc3c2s1.C=CC(=O)OC#Cc1cc2sc3cc(Br)sc3c2s1.C=CC(=O)OCCCCCCCCCC#Cc1cc2sc3cc(C#Cc4cc5sc6cc(C#Cc7cc8sc9cc(C#CCCCCCCCCCOC(=O)C=C)sc9c8s7)sc6c5s4)sc3c2s1. The number of rotatable bonds is 21. The molecule has 0 spiro atoms. The third kappa shape index (κ3) is 19.3. The Labute approximate surface area is 672 Å². The van der Waals surface area contributed by atoms with E-state index in [9.17, 15) is 14.4 Å². The van der Waals surface area contributed by atoms with Crippen LogP contribution in [0.4, 0.5) is 0 Å². The minimum Gasteiger partial charge on any atom is -0.463 e. The Bertz CT molecular complexity index is 5840. The highest BCUT2D eigenvalue weighted by atomic mass is 79.9. The number of carbonyl (C=O) groups is 3. The van der Waals surface area contributed by atoms with Gasteiger partial charge in [-0.3, -0.25) is 0 Å². The molecule has 0 aromatic carbocycles. The molecule has 0 saturated carbocycles. The Morgan fingerprint density at radius 1 is 0.327 bits per heavy atom.